The van der Waals surface area contributed by atoms with E-state index in [2.05, 4.69) is 31.9 Å². The van der Waals surface area contributed by atoms with Crippen LogP contribution in [-0.2, 0) is 0 Å². The molecule has 0 aliphatic heterocycles. The standard InChI is InChI=1S/C20H20Br2O6/c21-13-7-11(17(25)9-19(13)27)15(23)5-3-1-2-4-6-16(24)12-8-14(22)20(28)10-18(12)26/h7-10,25-28H,1-6H2. The molecule has 0 saturated carbocycles. The molecule has 6 nitrogen and oxygen atoms in total. The molecule has 0 amide bonds. The fourth-order valence-electron chi connectivity index (χ4n) is 2.74. The van der Waals surface area contributed by atoms with Gasteiger partial charge in [0, 0.05) is 25.0 Å². The molecule has 0 aliphatic rings. The molecule has 0 atom stereocenters. The summed E-state index contributed by atoms with van der Waals surface area (Å²) in [5.41, 5.74) is 0.321. The second kappa shape index (κ2) is 9.93. The number of hydrogen-bond donors (Lipinski definition) is 4. The summed E-state index contributed by atoms with van der Waals surface area (Å²) in [6.45, 7) is 0. The van der Waals surface area contributed by atoms with Gasteiger partial charge in [0.05, 0.1) is 20.1 Å². The first-order chi connectivity index (χ1) is 13.2. The van der Waals surface area contributed by atoms with Crippen molar-refractivity contribution in [1.29, 1.82) is 0 Å². The number of rotatable bonds is 9. The number of halogens is 2. The molecule has 4 N–H and O–H groups in total. The zero-order valence-corrected chi connectivity index (χ0v) is 18.1. The maximum absolute atomic E-state index is 12.2. The Kier molecular flexibility index (Phi) is 7.88. The number of phenols is 4. The summed E-state index contributed by atoms with van der Waals surface area (Å²) in [4.78, 5) is 24.4. The molecule has 0 heterocycles. The van der Waals surface area contributed by atoms with Gasteiger partial charge in [0.15, 0.2) is 11.6 Å². The van der Waals surface area contributed by atoms with Gasteiger partial charge >= 0.3 is 0 Å². The predicted octanol–water partition coefficient (Wildman–Crippen LogP) is 5.44. The summed E-state index contributed by atoms with van der Waals surface area (Å²) >= 11 is 6.23. The molecule has 0 fully saturated rings. The fourth-order valence-corrected chi connectivity index (χ4v) is 3.43. The average molecular weight is 516 g/mol. The van der Waals surface area contributed by atoms with Gasteiger partial charge in [-0.2, -0.15) is 0 Å². The molecule has 0 aliphatic carbocycles. The van der Waals surface area contributed by atoms with Crippen molar-refractivity contribution in [2.45, 2.75) is 38.5 Å². The minimum Gasteiger partial charge on any atom is -0.507 e. The largest absolute Gasteiger partial charge is 0.507 e. The van der Waals surface area contributed by atoms with Gasteiger partial charge in [-0.3, -0.25) is 9.59 Å². The third-order valence-electron chi connectivity index (χ3n) is 4.29. The summed E-state index contributed by atoms with van der Waals surface area (Å²) in [7, 11) is 0. The Labute approximate surface area is 179 Å². The molecule has 2 aromatic rings. The summed E-state index contributed by atoms with van der Waals surface area (Å²) in [5, 5.41) is 38.5. The highest BCUT2D eigenvalue weighted by molar-refractivity contribution is 9.10. The molecule has 150 valence electrons. The molecule has 0 saturated heterocycles. The van der Waals surface area contributed by atoms with Crippen molar-refractivity contribution in [1.82, 2.24) is 0 Å². The number of Topliss-reactive ketones (excluding diaryl/α,β-unsaturated/α-hetero) is 2. The summed E-state index contributed by atoms with van der Waals surface area (Å²) < 4.78 is 0.688. The minimum atomic E-state index is -0.254. The third-order valence-corrected chi connectivity index (χ3v) is 5.56. The van der Waals surface area contributed by atoms with Crippen molar-refractivity contribution in [2.24, 2.45) is 0 Å². The van der Waals surface area contributed by atoms with Crippen LogP contribution in [0.25, 0.3) is 0 Å². The number of benzene rings is 2. The molecule has 0 radical (unpaired) electrons. The van der Waals surface area contributed by atoms with E-state index < -0.39 is 0 Å². The van der Waals surface area contributed by atoms with Crippen molar-refractivity contribution in [3.05, 3.63) is 44.3 Å². The highest BCUT2D eigenvalue weighted by atomic mass is 79.9. The van der Waals surface area contributed by atoms with Gasteiger partial charge in [0.1, 0.15) is 23.0 Å². The Bertz CT molecular complexity index is 821. The summed E-state index contributed by atoms with van der Waals surface area (Å²) in [5.74, 6) is -1.20. The molecule has 2 aromatic carbocycles. The quantitative estimate of drug-likeness (QED) is 0.261. The van der Waals surface area contributed by atoms with Crippen molar-refractivity contribution in [3.63, 3.8) is 0 Å². The van der Waals surface area contributed by atoms with Crippen LogP contribution >= 0.6 is 31.9 Å². The van der Waals surface area contributed by atoms with Crippen molar-refractivity contribution >= 4 is 43.4 Å². The number of ketones is 2. The van der Waals surface area contributed by atoms with E-state index in [0.29, 0.717) is 21.8 Å². The van der Waals surface area contributed by atoms with Crippen molar-refractivity contribution in [3.8, 4) is 23.0 Å². The van der Waals surface area contributed by atoms with E-state index in [1.54, 1.807) is 0 Å². The average Bonchev–Trinajstić information content (AvgIpc) is 2.63. The lowest BCUT2D eigenvalue weighted by Crippen LogP contribution is -2.01. The maximum atomic E-state index is 12.2. The monoisotopic (exact) mass is 514 g/mol. The Balaban J connectivity index is 1.75. The van der Waals surface area contributed by atoms with E-state index in [0.717, 1.165) is 25.0 Å². The Hall–Kier alpha value is -2.06. The molecular weight excluding hydrogens is 496 g/mol. The molecule has 2 rings (SSSR count). The van der Waals surface area contributed by atoms with Gasteiger partial charge in [0.25, 0.3) is 0 Å². The van der Waals surface area contributed by atoms with Gasteiger partial charge in [-0.25, -0.2) is 0 Å². The number of carbonyl (C=O) groups is 2. The number of phenolic OH excluding ortho intramolecular Hbond substituents is 4. The van der Waals surface area contributed by atoms with Crippen LogP contribution in [0.2, 0.25) is 0 Å². The van der Waals surface area contributed by atoms with Crippen molar-refractivity contribution in [2.75, 3.05) is 0 Å². The topological polar surface area (TPSA) is 115 Å². The second-order valence-corrected chi connectivity index (χ2v) is 8.11. The normalized spacial score (nSPS) is 10.8. The number of aromatic hydroxyl groups is 4. The molecule has 28 heavy (non-hydrogen) atoms. The van der Waals surface area contributed by atoms with Crippen LogP contribution in [0.3, 0.4) is 0 Å². The highest BCUT2D eigenvalue weighted by Gasteiger charge is 2.15. The minimum absolute atomic E-state index is 0.134. The van der Waals surface area contributed by atoms with Gasteiger partial charge < -0.3 is 20.4 Å². The predicted molar refractivity (Wildman–Crippen MR) is 111 cm³/mol. The SMILES string of the molecule is O=C(CCCCCCC(=O)c1cc(Br)c(O)cc1O)c1cc(Br)c(O)cc1O. The van der Waals surface area contributed by atoms with E-state index in [-0.39, 0.29) is 58.5 Å². The smallest absolute Gasteiger partial charge is 0.166 e. The Morgan fingerprint density at radius 2 is 0.964 bits per heavy atom. The lowest BCUT2D eigenvalue weighted by Gasteiger charge is -2.07. The van der Waals surface area contributed by atoms with Gasteiger partial charge in [-0.05, 0) is 56.8 Å². The Morgan fingerprint density at radius 3 is 1.32 bits per heavy atom. The fraction of sp³-hybridized carbons (Fsp3) is 0.300. The second-order valence-electron chi connectivity index (χ2n) is 6.40. The van der Waals surface area contributed by atoms with E-state index in [9.17, 15) is 30.0 Å². The highest BCUT2D eigenvalue weighted by Crippen LogP contribution is 2.33. The number of carbonyl (C=O) groups excluding carboxylic acids is 2. The van der Waals surface area contributed by atoms with Crippen molar-refractivity contribution < 1.29 is 30.0 Å². The summed E-state index contributed by atoms with van der Waals surface area (Å²) in [6.07, 6.45) is 3.21. The molecule has 0 unspecified atom stereocenters. The first-order valence-electron chi connectivity index (χ1n) is 8.70. The molecule has 0 bridgehead atoms. The first kappa shape index (κ1) is 22.2. The van der Waals surface area contributed by atoms with Crippen LogP contribution in [0.15, 0.2) is 33.2 Å². The molecular formula is C20H20Br2O6. The van der Waals surface area contributed by atoms with Crippen LogP contribution in [0.1, 0.15) is 59.2 Å². The summed E-state index contributed by atoms with van der Waals surface area (Å²) in [6, 6.07) is 5.04. The van der Waals surface area contributed by atoms with Crippen LogP contribution in [0.4, 0.5) is 0 Å². The van der Waals surface area contributed by atoms with Crippen LogP contribution in [0, 0.1) is 0 Å². The number of unbranched alkanes of at least 4 members (excludes halogenated alkanes) is 3. The lowest BCUT2D eigenvalue weighted by molar-refractivity contribution is 0.0963. The third kappa shape index (κ3) is 5.72. The van der Waals surface area contributed by atoms with Gasteiger partial charge in [-0.15, -0.1) is 0 Å². The van der Waals surface area contributed by atoms with Gasteiger partial charge in [0.2, 0.25) is 0 Å². The van der Waals surface area contributed by atoms with E-state index >= 15 is 0 Å². The molecule has 0 spiro atoms. The van der Waals surface area contributed by atoms with Crippen LogP contribution in [0.5, 0.6) is 23.0 Å². The van der Waals surface area contributed by atoms with Gasteiger partial charge in [-0.1, -0.05) is 12.8 Å². The van der Waals surface area contributed by atoms with Crippen LogP contribution < -0.4 is 0 Å². The van der Waals surface area contributed by atoms with E-state index in [1.807, 2.05) is 0 Å². The Morgan fingerprint density at radius 1 is 0.607 bits per heavy atom. The van der Waals surface area contributed by atoms with E-state index in [4.69, 9.17) is 0 Å². The van der Waals surface area contributed by atoms with Crippen LogP contribution in [-0.4, -0.2) is 32.0 Å². The number of hydrogen-bond acceptors (Lipinski definition) is 6. The zero-order chi connectivity index (χ0) is 20.8. The molecule has 0 aromatic heterocycles. The molecule has 8 heteroatoms. The zero-order valence-electron chi connectivity index (χ0n) is 14.9. The maximum Gasteiger partial charge on any atom is 0.166 e. The first-order valence-corrected chi connectivity index (χ1v) is 10.3. The lowest BCUT2D eigenvalue weighted by atomic mass is 10.0. The van der Waals surface area contributed by atoms with E-state index in [1.165, 1.54) is 12.1 Å².